The van der Waals surface area contributed by atoms with Crippen molar-refractivity contribution in [2.24, 2.45) is 0 Å². The Morgan fingerprint density at radius 1 is 1.16 bits per heavy atom. The zero-order chi connectivity index (χ0) is 26.6. The Bertz CT molecular complexity index is 1340. The highest BCUT2D eigenvalue weighted by Gasteiger charge is 2.36. The Labute approximate surface area is 219 Å². The van der Waals surface area contributed by atoms with E-state index < -0.39 is 11.6 Å². The molecule has 0 aliphatic carbocycles. The maximum atomic E-state index is 13.7. The van der Waals surface area contributed by atoms with Gasteiger partial charge in [-0.15, -0.1) is 21.5 Å². The maximum absolute atomic E-state index is 13.7. The summed E-state index contributed by atoms with van der Waals surface area (Å²) in [4.78, 5) is 30.9. The van der Waals surface area contributed by atoms with Crippen molar-refractivity contribution >= 4 is 23.2 Å². The largest absolute Gasteiger partial charge is 0.497 e. The zero-order valence-corrected chi connectivity index (χ0v) is 22.3. The average Bonchev–Trinajstić information content (AvgIpc) is 3.61. The number of amides is 2. The van der Waals surface area contributed by atoms with E-state index in [2.05, 4.69) is 20.7 Å². The number of nitrogens with one attached hydrogen (secondary N) is 1. The predicted octanol–water partition coefficient (Wildman–Crippen LogP) is 4.00. The number of ether oxygens (including phenoxy) is 1. The molecule has 0 aliphatic rings. The summed E-state index contributed by atoms with van der Waals surface area (Å²) in [6.07, 6.45) is 0. The Balaban J connectivity index is 1.63. The van der Waals surface area contributed by atoms with Gasteiger partial charge in [-0.3, -0.25) is 9.59 Å². The number of carbonyl (C=O) groups is 2. The van der Waals surface area contributed by atoms with Crippen LogP contribution in [0.4, 0.5) is 0 Å². The number of aryl methyl sites for hydroxylation is 1. The fourth-order valence-corrected chi connectivity index (χ4v) is 4.44. The molecule has 0 fully saturated rings. The van der Waals surface area contributed by atoms with Crippen molar-refractivity contribution in [3.8, 4) is 17.1 Å². The van der Waals surface area contributed by atoms with Gasteiger partial charge >= 0.3 is 0 Å². The first kappa shape index (κ1) is 26.1. The second kappa shape index (κ2) is 11.0. The number of tetrazole rings is 1. The molecule has 1 N–H and O–H groups in total. The molecular formula is C26H30N6O4S. The van der Waals surface area contributed by atoms with Gasteiger partial charge in [-0.05, 0) is 80.8 Å². The number of carbonyl (C=O) groups excluding carboxylic acids is 2. The first-order valence-electron chi connectivity index (χ1n) is 11.8. The van der Waals surface area contributed by atoms with Gasteiger partial charge in [-0.1, -0.05) is 6.07 Å². The Hall–Kier alpha value is -3.99. The molecule has 0 bridgehead atoms. The third kappa shape index (κ3) is 6.62. The summed E-state index contributed by atoms with van der Waals surface area (Å²) in [5.74, 6) is 1.43. The highest BCUT2D eigenvalue weighted by atomic mass is 32.1. The monoisotopic (exact) mass is 522 g/mol. The summed E-state index contributed by atoms with van der Waals surface area (Å²) >= 11 is 1.51. The number of hydrogen-bond acceptors (Lipinski definition) is 8. The van der Waals surface area contributed by atoms with Gasteiger partial charge < -0.3 is 19.4 Å². The van der Waals surface area contributed by atoms with E-state index in [1.54, 1.807) is 38.3 Å². The lowest BCUT2D eigenvalue weighted by atomic mass is 10.1. The van der Waals surface area contributed by atoms with E-state index in [1.165, 1.54) is 21.0 Å². The summed E-state index contributed by atoms with van der Waals surface area (Å²) < 4.78 is 11.0. The average molecular weight is 523 g/mol. The van der Waals surface area contributed by atoms with E-state index >= 15 is 0 Å². The standard InChI is InChI=1S/C26H30N6O4S/c1-17-8-13-21(36-17)23(25(34)27-26(2,3)4)31(15-20-7-6-14-37-20)22(33)16-32-29-24(28-30-32)18-9-11-19(35-5)12-10-18/h6-14,23H,15-16H2,1-5H3,(H,27,34)/t23-/m1/s1. The van der Waals surface area contributed by atoms with Crippen molar-refractivity contribution in [3.05, 3.63) is 70.3 Å². The second-order valence-corrected chi connectivity index (χ2v) is 10.6. The van der Waals surface area contributed by atoms with Gasteiger partial charge in [-0.25, -0.2) is 0 Å². The minimum absolute atomic E-state index is 0.201. The molecular weight excluding hydrogens is 492 g/mol. The normalized spacial score (nSPS) is 12.2. The van der Waals surface area contributed by atoms with Crippen LogP contribution in [0.2, 0.25) is 0 Å². The molecule has 4 aromatic rings. The van der Waals surface area contributed by atoms with Gasteiger partial charge in [0.2, 0.25) is 11.7 Å². The van der Waals surface area contributed by atoms with Gasteiger partial charge in [-0.2, -0.15) is 4.80 Å². The number of aromatic nitrogens is 4. The molecule has 0 saturated carbocycles. The minimum Gasteiger partial charge on any atom is -0.497 e. The lowest BCUT2D eigenvalue weighted by Gasteiger charge is -2.32. The van der Waals surface area contributed by atoms with Crippen LogP contribution in [-0.2, 0) is 22.7 Å². The smallest absolute Gasteiger partial charge is 0.251 e. The molecule has 37 heavy (non-hydrogen) atoms. The third-order valence-corrected chi connectivity index (χ3v) is 6.25. The highest BCUT2D eigenvalue weighted by Crippen LogP contribution is 2.28. The number of hydrogen-bond donors (Lipinski definition) is 1. The summed E-state index contributed by atoms with van der Waals surface area (Å²) in [7, 11) is 1.59. The summed E-state index contributed by atoms with van der Waals surface area (Å²) in [5.41, 5.74) is 0.235. The summed E-state index contributed by atoms with van der Waals surface area (Å²) in [5, 5.41) is 17.5. The molecule has 11 heteroatoms. The van der Waals surface area contributed by atoms with Crippen molar-refractivity contribution in [2.75, 3.05) is 7.11 Å². The van der Waals surface area contributed by atoms with Gasteiger partial charge in [0, 0.05) is 16.0 Å². The Kier molecular flexibility index (Phi) is 7.72. The molecule has 10 nitrogen and oxygen atoms in total. The van der Waals surface area contributed by atoms with E-state index in [0.717, 1.165) is 10.4 Å². The number of rotatable bonds is 9. The number of methoxy groups -OCH3 is 1. The Morgan fingerprint density at radius 3 is 2.51 bits per heavy atom. The fourth-order valence-electron chi connectivity index (χ4n) is 3.73. The van der Waals surface area contributed by atoms with Crippen molar-refractivity contribution in [1.29, 1.82) is 0 Å². The van der Waals surface area contributed by atoms with Crippen molar-refractivity contribution < 1.29 is 18.7 Å². The summed E-state index contributed by atoms with van der Waals surface area (Å²) in [6, 6.07) is 13.6. The topological polar surface area (TPSA) is 115 Å². The first-order valence-corrected chi connectivity index (χ1v) is 12.6. The molecule has 194 valence electrons. The van der Waals surface area contributed by atoms with Crippen LogP contribution in [0.15, 0.2) is 58.3 Å². The highest BCUT2D eigenvalue weighted by molar-refractivity contribution is 7.09. The molecule has 0 spiro atoms. The maximum Gasteiger partial charge on any atom is 0.251 e. The van der Waals surface area contributed by atoms with E-state index in [1.807, 2.05) is 50.4 Å². The quantitative estimate of drug-likeness (QED) is 0.353. The number of thiophene rings is 1. The molecule has 2 amide bonds. The molecule has 1 atom stereocenters. The van der Waals surface area contributed by atoms with Crippen LogP contribution in [0.5, 0.6) is 5.75 Å². The van der Waals surface area contributed by atoms with Crippen LogP contribution in [0.3, 0.4) is 0 Å². The zero-order valence-electron chi connectivity index (χ0n) is 21.5. The van der Waals surface area contributed by atoms with Crippen molar-refractivity contribution in [1.82, 2.24) is 30.4 Å². The molecule has 0 radical (unpaired) electrons. The first-order chi connectivity index (χ1) is 17.6. The lowest BCUT2D eigenvalue weighted by Crippen LogP contribution is -2.49. The molecule has 0 unspecified atom stereocenters. The van der Waals surface area contributed by atoms with Gasteiger partial charge in [0.15, 0.2) is 6.04 Å². The molecule has 1 aromatic carbocycles. The predicted molar refractivity (Wildman–Crippen MR) is 139 cm³/mol. The fraction of sp³-hybridized carbons (Fsp3) is 0.346. The SMILES string of the molecule is COc1ccc(-c2nnn(CC(=O)N(Cc3cccs3)[C@@H](C(=O)NC(C)(C)C)c3ccc(C)o3)n2)cc1. The van der Waals surface area contributed by atoms with Crippen LogP contribution >= 0.6 is 11.3 Å². The van der Waals surface area contributed by atoms with E-state index in [-0.39, 0.29) is 24.9 Å². The second-order valence-electron chi connectivity index (χ2n) is 9.56. The molecule has 3 aromatic heterocycles. The summed E-state index contributed by atoms with van der Waals surface area (Å²) in [6.45, 7) is 7.49. The number of furan rings is 1. The number of benzene rings is 1. The lowest BCUT2D eigenvalue weighted by molar-refractivity contribution is -0.143. The van der Waals surface area contributed by atoms with Gasteiger partial charge in [0.25, 0.3) is 5.91 Å². The van der Waals surface area contributed by atoms with Crippen LogP contribution in [0, 0.1) is 6.92 Å². The third-order valence-electron chi connectivity index (χ3n) is 5.39. The van der Waals surface area contributed by atoms with Crippen molar-refractivity contribution in [2.45, 2.75) is 52.4 Å². The van der Waals surface area contributed by atoms with Crippen LogP contribution in [-0.4, -0.2) is 49.6 Å². The molecule has 4 rings (SSSR count). The number of nitrogens with zero attached hydrogens (tertiary/aromatic N) is 5. The van der Waals surface area contributed by atoms with Crippen molar-refractivity contribution in [3.63, 3.8) is 0 Å². The minimum atomic E-state index is -0.980. The molecule has 0 aliphatic heterocycles. The van der Waals surface area contributed by atoms with E-state index in [0.29, 0.717) is 23.1 Å². The van der Waals surface area contributed by atoms with Crippen LogP contribution in [0.25, 0.3) is 11.4 Å². The Morgan fingerprint density at radius 2 is 1.92 bits per heavy atom. The molecule has 0 saturated heterocycles. The van der Waals surface area contributed by atoms with Crippen LogP contribution in [0.1, 0.15) is 43.2 Å². The van der Waals surface area contributed by atoms with Gasteiger partial charge in [0.05, 0.1) is 13.7 Å². The van der Waals surface area contributed by atoms with E-state index in [9.17, 15) is 9.59 Å². The van der Waals surface area contributed by atoms with Crippen LogP contribution < -0.4 is 10.1 Å². The van der Waals surface area contributed by atoms with Gasteiger partial charge in [0.1, 0.15) is 23.8 Å². The molecule has 3 heterocycles. The van der Waals surface area contributed by atoms with E-state index in [4.69, 9.17) is 9.15 Å².